The van der Waals surface area contributed by atoms with E-state index >= 15 is 0 Å². The van der Waals surface area contributed by atoms with Crippen LogP contribution in [0.4, 0.5) is 0 Å². The van der Waals surface area contributed by atoms with Crippen molar-refractivity contribution in [3.05, 3.63) is 35.6 Å². The van der Waals surface area contributed by atoms with Crippen molar-refractivity contribution in [2.24, 2.45) is 0 Å². The van der Waals surface area contributed by atoms with E-state index in [9.17, 15) is 4.79 Å². The van der Waals surface area contributed by atoms with Crippen LogP contribution in [0.3, 0.4) is 0 Å². The average Bonchev–Trinajstić information content (AvgIpc) is 2.87. The Morgan fingerprint density at radius 2 is 2.11 bits per heavy atom. The zero-order valence-corrected chi connectivity index (χ0v) is 11.7. The molecule has 0 bridgehead atoms. The summed E-state index contributed by atoms with van der Waals surface area (Å²) in [6.07, 6.45) is 0. The van der Waals surface area contributed by atoms with Crippen molar-refractivity contribution in [2.75, 3.05) is 7.11 Å². The number of ether oxygens (including phenoxy) is 1. The number of benzene rings is 1. The first-order valence-electron chi connectivity index (χ1n) is 5.87. The standard InChI is InChI=1S/C14H14ClNO3/c1-8(2)10-6-9(4-5-12(10)18-3)11-7-13(14(15)17)19-16-11/h4-8H,1-3H3. The Kier molecular flexibility index (Phi) is 3.90. The van der Waals surface area contributed by atoms with E-state index in [2.05, 4.69) is 19.0 Å². The monoisotopic (exact) mass is 279 g/mol. The highest BCUT2D eigenvalue weighted by Crippen LogP contribution is 2.31. The maximum atomic E-state index is 11.0. The van der Waals surface area contributed by atoms with E-state index in [0.29, 0.717) is 11.6 Å². The van der Waals surface area contributed by atoms with Crippen molar-refractivity contribution in [1.82, 2.24) is 5.16 Å². The lowest BCUT2D eigenvalue weighted by atomic mass is 9.98. The first-order valence-corrected chi connectivity index (χ1v) is 6.25. The van der Waals surface area contributed by atoms with Gasteiger partial charge in [0.25, 0.3) is 5.24 Å². The van der Waals surface area contributed by atoms with E-state index in [-0.39, 0.29) is 5.76 Å². The van der Waals surface area contributed by atoms with Gasteiger partial charge in [0.15, 0.2) is 0 Å². The Hall–Kier alpha value is -1.81. The third-order valence-electron chi connectivity index (χ3n) is 2.85. The predicted molar refractivity (Wildman–Crippen MR) is 72.8 cm³/mol. The fourth-order valence-electron chi connectivity index (χ4n) is 1.85. The molecule has 4 nitrogen and oxygen atoms in total. The molecule has 0 aliphatic heterocycles. The van der Waals surface area contributed by atoms with Crippen molar-refractivity contribution < 1.29 is 14.1 Å². The lowest BCUT2D eigenvalue weighted by Gasteiger charge is -2.12. The first-order chi connectivity index (χ1) is 9.02. The maximum absolute atomic E-state index is 11.0. The summed E-state index contributed by atoms with van der Waals surface area (Å²) in [5.41, 5.74) is 2.51. The summed E-state index contributed by atoms with van der Waals surface area (Å²) in [6, 6.07) is 7.25. The Balaban J connectivity index is 2.44. The van der Waals surface area contributed by atoms with Crippen LogP contribution in [0.1, 0.15) is 35.9 Å². The van der Waals surface area contributed by atoms with Gasteiger partial charge in [-0.3, -0.25) is 4.79 Å². The second-order valence-corrected chi connectivity index (χ2v) is 4.80. The normalized spacial score (nSPS) is 10.8. The van der Waals surface area contributed by atoms with Gasteiger partial charge in [-0.05, 0) is 41.3 Å². The van der Waals surface area contributed by atoms with Crippen LogP contribution in [-0.2, 0) is 0 Å². The van der Waals surface area contributed by atoms with Gasteiger partial charge in [0.1, 0.15) is 11.4 Å². The van der Waals surface area contributed by atoms with Crippen LogP contribution in [0.25, 0.3) is 11.3 Å². The highest BCUT2D eigenvalue weighted by atomic mass is 35.5. The molecule has 2 aromatic rings. The van der Waals surface area contributed by atoms with Crippen LogP contribution in [0, 0.1) is 0 Å². The van der Waals surface area contributed by atoms with Crippen molar-refractivity contribution in [3.8, 4) is 17.0 Å². The molecule has 19 heavy (non-hydrogen) atoms. The zero-order valence-electron chi connectivity index (χ0n) is 10.9. The number of carbonyl (C=O) groups is 1. The molecular weight excluding hydrogens is 266 g/mol. The predicted octanol–water partition coefficient (Wildman–Crippen LogP) is 3.85. The van der Waals surface area contributed by atoms with Crippen LogP contribution in [0.5, 0.6) is 5.75 Å². The molecule has 0 saturated heterocycles. The SMILES string of the molecule is COc1ccc(-c2cc(C(=O)Cl)on2)cc1C(C)C. The van der Waals surface area contributed by atoms with Gasteiger partial charge in [-0.2, -0.15) is 0 Å². The molecule has 0 radical (unpaired) electrons. The molecule has 1 heterocycles. The van der Waals surface area contributed by atoms with Crippen LogP contribution >= 0.6 is 11.6 Å². The van der Waals surface area contributed by atoms with Crippen molar-refractivity contribution in [2.45, 2.75) is 19.8 Å². The minimum Gasteiger partial charge on any atom is -0.496 e. The van der Waals surface area contributed by atoms with Gasteiger partial charge in [0, 0.05) is 11.6 Å². The fourth-order valence-corrected chi connectivity index (χ4v) is 1.94. The smallest absolute Gasteiger partial charge is 0.290 e. The molecule has 0 aliphatic rings. The van der Waals surface area contributed by atoms with E-state index < -0.39 is 5.24 Å². The van der Waals surface area contributed by atoms with E-state index in [1.54, 1.807) is 7.11 Å². The van der Waals surface area contributed by atoms with Crippen molar-refractivity contribution >= 4 is 16.8 Å². The van der Waals surface area contributed by atoms with Crippen LogP contribution in [0.2, 0.25) is 0 Å². The summed E-state index contributed by atoms with van der Waals surface area (Å²) in [4.78, 5) is 11.0. The summed E-state index contributed by atoms with van der Waals surface area (Å²) in [7, 11) is 1.64. The highest BCUT2D eigenvalue weighted by molar-refractivity contribution is 6.67. The van der Waals surface area contributed by atoms with Crippen LogP contribution < -0.4 is 4.74 Å². The second kappa shape index (κ2) is 5.45. The minimum atomic E-state index is -0.656. The lowest BCUT2D eigenvalue weighted by molar-refractivity contribution is 0.104. The largest absolute Gasteiger partial charge is 0.496 e. The molecule has 0 aliphatic carbocycles. The molecule has 0 atom stereocenters. The molecule has 5 heteroatoms. The summed E-state index contributed by atoms with van der Waals surface area (Å²) >= 11 is 5.34. The highest BCUT2D eigenvalue weighted by Gasteiger charge is 2.14. The number of hydrogen-bond donors (Lipinski definition) is 0. The molecular formula is C14H14ClNO3. The summed E-state index contributed by atoms with van der Waals surface area (Å²) in [6.45, 7) is 4.16. The zero-order chi connectivity index (χ0) is 14.0. The van der Waals surface area contributed by atoms with Crippen LogP contribution in [0.15, 0.2) is 28.8 Å². The molecule has 0 unspecified atom stereocenters. The minimum absolute atomic E-state index is 0.0404. The van der Waals surface area contributed by atoms with E-state index in [4.69, 9.17) is 20.9 Å². The third-order valence-corrected chi connectivity index (χ3v) is 3.04. The molecule has 0 amide bonds. The third kappa shape index (κ3) is 2.79. The van der Waals surface area contributed by atoms with Crippen molar-refractivity contribution in [1.29, 1.82) is 0 Å². The van der Waals surface area contributed by atoms with Crippen LogP contribution in [-0.4, -0.2) is 17.5 Å². The molecule has 2 rings (SSSR count). The Bertz CT molecular complexity index is 604. The Morgan fingerprint density at radius 1 is 1.37 bits per heavy atom. The molecule has 0 saturated carbocycles. The summed E-state index contributed by atoms with van der Waals surface area (Å²) in [5, 5.41) is 3.19. The number of carbonyl (C=O) groups excluding carboxylic acids is 1. The van der Waals surface area contributed by atoms with Gasteiger partial charge in [-0.1, -0.05) is 19.0 Å². The molecule has 100 valence electrons. The first kappa shape index (κ1) is 13.6. The topological polar surface area (TPSA) is 52.3 Å². The van der Waals surface area contributed by atoms with Gasteiger partial charge < -0.3 is 9.26 Å². The number of halogens is 1. The quantitative estimate of drug-likeness (QED) is 0.798. The summed E-state index contributed by atoms with van der Waals surface area (Å²) < 4.78 is 10.2. The van der Waals surface area contributed by atoms with Gasteiger partial charge >= 0.3 is 0 Å². The molecule has 0 fully saturated rings. The van der Waals surface area contributed by atoms with E-state index in [1.165, 1.54) is 6.07 Å². The van der Waals surface area contributed by atoms with Gasteiger partial charge in [-0.15, -0.1) is 0 Å². The van der Waals surface area contributed by atoms with Gasteiger partial charge in [-0.25, -0.2) is 0 Å². The van der Waals surface area contributed by atoms with Gasteiger partial charge in [0.05, 0.1) is 7.11 Å². The number of methoxy groups -OCH3 is 1. The number of rotatable bonds is 4. The molecule has 0 spiro atoms. The second-order valence-electron chi connectivity index (χ2n) is 4.46. The fraction of sp³-hybridized carbons (Fsp3) is 0.286. The summed E-state index contributed by atoms with van der Waals surface area (Å²) in [5.74, 6) is 1.19. The molecule has 1 aromatic heterocycles. The lowest BCUT2D eigenvalue weighted by Crippen LogP contribution is -1.94. The van der Waals surface area contributed by atoms with E-state index in [0.717, 1.165) is 16.9 Å². The molecule has 0 N–H and O–H groups in total. The van der Waals surface area contributed by atoms with Gasteiger partial charge in [0.2, 0.25) is 5.76 Å². The molecule has 1 aromatic carbocycles. The Labute approximate surface area is 116 Å². The average molecular weight is 280 g/mol. The number of nitrogens with zero attached hydrogens (tertiary/aromatic N) is 1. The number of aromatic nitrogens is 1. The number of hydrogen-bond acceptors (Lipinski definition) is 4. The Morgan fingerprint density at radius 3 is 2.63 bits per heavy atom. The van der Waals surface area contributed by atoms with Crippen molar-refractivity contribution in [3.63, 3.8) is 0 Å². The maximum Gasteiger partial charge on any atom is 0.290 e. The van der Waals surface area contributed by atoms with E-state index in [1.807, 2.05) is 18.2 Å².